The monoisotopic (exact) mass is 329 g/mol. The van der Waals surface area contributed by atoms with Crippen LogP contribution in [-0.2, 0) is 19.7 Å². The van der Waals surface area contributed by atoms with Crippen LogP contribution in [0.3, 0.4) is 0 Å². The number of ether oxygens (including phenoxy) is 3. The quantitative estimate of drug-likeness (QED) is 0.625. The van der Waals surface area contributed by atoms with E-state index in [1.807, 2.05) is 6.07 Å². The third-order valence-electron chi connectivity index (χ3n) is 3.20. The third-order valence-corrected chi connectivity index (χ3v) is 3.61. The van der Waals surface area contributed by atoms with Gasteiger partial charge in [0.05, 0.1) is 24.8 Å². The molecule has 0 radical (unpaired) electrons. The fraction of sp³-hybridized carbons (Fsp3) is 0.538. The lowest BCUT2D eigenvalue weighted by Crippen LogP contribution is -2.34. The third kappa shape index (κ3) is 3.25. The minimum absolute atomic E-state index is 0.273. The highest BCUT2D eigenvalue weighted by atomic mass is 79.9. The van der Waals surface area contributed by atoms with Crippen LogP contribution in [0.5, 0.6) is 5.75 Å². The van der Waals surface area contributed by atoms with Crippen molar-refractivity contribution >= 4 is 21.9 Å². The largest absolute Gasteiger partial charge is 0.497 e. The maximum absolute atomic E-state index is 11.0. The van der Waals surface area contributed by atoms with E-state index < -0.39 is 0 Å². The van der Waals surface area contributed by atoms with Gasteiger partial charge in [-0.25, -0.2) is 4.98 Å². The number of halogens is 1. The van der Waals surface area contributed by atoms with Crippen LogP contribution in [0.1, 0.15) is 19.0 Å². The average Bonchev–Trinajstić information content (AvgIpc) is 2.85. The summed E-state index contributed by atoms with van der Waals surface area (Å²) >= 11 is 3.37. The van der Waals surface area contributed by atoms with Crippen molar-refractivity contribution in [1.82, 2.24) is 4.98 Å². The Hall–Kier alpha value is -1.14. The Bertz CT molecular complexity index is 472. The maximum atomic E-state index is 11.0. The van der Waals surface area contributed by atoms with Crippen molar-refractivity contribution in [3.63, 3.8) is 0 Å². The first kappa shape index (κ1) is 14.3. The lowest BCUT2D eigenvalue weighted by molar-refractivity contribution is -0.143. The van der Waals surface area contributed by atoms with E-state index >= 15 is 0 Å². The van der Waals surface area contributed by atoms with Gasteiger partial charge in [-0.05, 0) is 22.4 Å². The average molecular weight is 330 g/mol. The maximum Gasteiger partial charge on any atom is 0.302 e. The Kier molecular flexibility index (Phi) is 4.42. The molecule has 1 unspecified atom stereocenters. The van der Waals surface area contributed by atoms with Gasteiger partial charge < -0.3 is 14.2 Å². The first-order chi connectivity index (χ1) is 9.05. The molecule has 104 valence electrons. The number of methoxy groups -OCH3 is 1. The summed E-state index contributed by atoms with van der Waals surface area (Å²) in [5.74, 6) is 0.416. The van der Waals surface area contributed by atoms with Crippen molar-refractivity contribution in [3.05, 3.63) is 22.4 Å². The topological polar surface area (TPSA) is 57.7 Å². The fourth-order valence-corrected chi connectivity index (χ4v) is 2.52. The van der Waals surface area contributed by atoms with Gasteiger partial charge in [-0.15, -0.1) is 0 Å². The number of esters is 1. The molecule has 1 atom stereocenters. The second-order valence-corrected chi connectivity index (χ2v) is 5.39. The Morgan fingerprint density at radius 3 is 2.95 bits per heavy atom. The molecule has 0 aromatic carbocycles. The first-order valence-electron chi connectivity index (χ1n) is 5.99. The van der Waals surface area contributed by atoms with Gasteiger partial charge in [-0.2, -0.15) is 0 Å². The summed E-state index contributed by atoms with van der Waals surface area (Å²) < 4.78 is 16.6. The molecule has 2 rings (SSSR count). The van der Waals surface area contributed by atoms with E-state index in [0.717, 1.165) is 12.1 Å². The van der Waals surface area contributed by atoms with Gasteiger partial charge in [-0.3, -0.25) is 4.79 Å². The molecule has 1 aromatic heterocycles. The first-order valence-corrected chi connectivity index (χ1v) is 6.78. The van der Waals surface area contributed by atoms with Crippen molar-refractivity contribution in [3.8, 4) is 5.75 Å². The minimum atomic E-state index is -0.386. The number of rotatable bonds is 4. The molecular formula is C13H16BrNO4. The molecule has 1 aliphatic heterocycles. The summed E-state index contributed by atoms with van der Waals surface area (Å²) in [5, 5.41) is 0. The lowest BCUT2D eigenvalue weighted by Gasteiger charge is -2.26. The second-order valence-electron chi connectivity index (χ2n) is 4.58. The second kappa shape index (κ2) is 5.88. The van der Waals surface area contributed by atoms with Gasteiger partial charge in [0.1, 0.15) is 17.0 Å². The van der Waals surface area contributed by atoms with E-state index in [1.54, 1.807) is 13.2 Å². The molecule has 0 saturated carbocycles. The number of carbonyl (C=O) groups is 1. The Morgan fingerprint density at radius 1 is 1.58 bits per heavy atom. The number of hydrogen-bond donors (Lipinski definition) is 0. The number of hydrogen-bond acceptors (Lipinski definition) is 5. The summed E-state index contributed by atoms with van der Waals surface area (Å²) in [6.45, 7) is 2.80. The van der Waals surface area contributed by atoms with Gasteiger partial charge >= 0.3 is 5.97 Å². The van der Waals surface area contributed by atoms with Crippen molar-refractivity contribution in [2.24, 2.45) is 0 Å². The van der Waals surface area contributed by atoms with E-state index in [1.165, 1.54) is 6.92 Å². The highest BCUT2D eigenvalue weighted by Crippen LogP contribution is 2.35. The standard InChI is InChI=1S/C13H16BrNO4/c1-9(16)19-8-13(3-4-18-7-13)11-5-10(17-2)6-12(14)15-11/h5-6H,3-4,7-8H2,1-2H3. The summed E-state index contributed by atoms with van der Waals surface area (Å²) in [4.78, 5) is 15.5. The van der Waals surface area contributed by atoms with Crippen molar-refractivity contribution in [2.45, 2.75) is 18.8 Å². The molecule has 1 aliphatic rings. The summed E-state index contributed by atoms with van der Waals surface area (Å²) in [7, 11) is 1.61. The molecule has 19 heavy (non-hydrogen) atoms. The predicted octanol–water partition coefficient (Wildman–Crippen LogP) is 2.07. The Labute approximate surface area is 120 Å². The Morgan fingerprint density at radius 2 is 2.37 bits per heavy atom. The zero-order valence-corrected chi connectivity index (χ0v) is 12.5. The normalized spacial score (nSPS) is 22.3. The van der Waals surface area contributed by atoms with Crippen molar-refractivity contribution < 1.29 is 19.0 Å². The van der Waals surface area contributed by atoms with Crippen LogP contribution in [0.25, 0.3) is 0 Å². The lowest BCUT2D eigenvalue weighted by atomic mass is 9.84. The SMILES string of the molecule is COc1cc(Br)nc(C2(COC(C)=O)CCOC2)c1. The van der Waals surface area contributed by atoms with E-state index in [4.69, 9.17) is 14.2 Å². The van der Waals surface area contributed by atoms with Crippen molar-refractivity contribution in [1.29, 1.82) is 0 Å². The van der Waals surface area contributed by atoms with Gasteiger partial charge in [0.2, 0.25) is 0 Å². The molecule has 1 aromatic rings. The molecule has 6 heteroatoms. The molecular weight excluding hydrogens is 314 g/mol. The molecule has 0 N–H and O–H groups in total. The minimum Gasteiger partial charge on any atom is -0.497 e. The van der Waals surface area contributed by atoms with Gasteiger partial charge in [-0.1, -0.05) is 0 Å². The summed E-state index contributed by atoms with van der Waals surface area (Å²) in [6, 6.07) is 3.65. The summed E-state index contributed by atoms with van der Waals surface area (Å²) in [5.41, 5.74) is 0.431. The number of nitrogens with zero attached hydrogens (tertiary/aromatic N) is 1. The predicted molar refractivity (Wildman–Crippen MR) is 72.2 cm³/mol. The van der Waals surface area contributed by atoms with Crippen LogP contribution in [-0.4, -0.2) is 37.9 Å². The number of aromatic nitrogens is 1. The van der Waals surface area contributed by atoms with Crippen molar-refractivity contribution in [2.75, 3.05) is 26.9 Å². The molecule has 0 aliphatic carbocycles. The molecule has 1 fully saturated rings. The highest BCUT2D eigenvalue weighted by Gasteiger charge is 2.40. The number of pyridine rings is 1. The van der Waals surface area contributed by atoms with Gasteiger partial charge in [0.15, 0.2) is 0 Å². The molecule has 0 amide bonds. The molecule has 5 nitrogen and oxygen atoms in total. The van der Waals surface area contributed by atoms with E-state index in [-0.39, 0.29) is 18.0 Å². The van der Waals surface area contributed by atoms with Crippen LogP contribution in [0.2, 0.25) is 0 Å². The Balaban J connectivity index is 2.32. The molecule has 2 heterocycles. The molecule has 0 bridgehead atoms. The van der Waals surface area contributed by atoms with E-state index in [2.05, 4.69) is 20.9 Å². The van der Waals surface area contributed by atoms with Gasteiger partial charge in [0, 0.05) is 25.7 Å². The highest BCUT2D eigenvalue weighted by molar-refractivity contribution is 9.10. The smallest absolute Gasteiger partial charge is 0.302 e. The van der Waals surface area contributed by atoms with E-state index in [9.17, 15) is 4.79 Å². The molecule has 1 saturated heterocycles. The van der Waals surface area contributed by atoms with Gasteiger partial charge in [0.25, 0.3) is 0 Å². The fourth-order valence-electron chi connectivity index (χ4n) is 2.10. The zero-order chi connectivity index (χ0) is 13.9. The van der Waals surface area contributed by atoms with Crippen LogP contribution in [0.4, 0.5) is 0 Å². The number of carbonyl (C=O) groups excluding carboxylic acids is 1. The van der Waals surface area contributed by atoms with Crippen LogP contribution in [0, 0.1) is 0 Å². The molecule has 0 spiro atoms. The van der Waals surface area contributed by atoms with Crippen LogP contribution in [0.15, 0.2) is 16.7 Å². The van der Waals surface area contributed by atoms with E-state index in [0.29, 0.717) is 23.6 Å². The summed E-state index contributed by atoms with van der Waals surface area (Å²) in [6.07, 6.45) is 0.771. The zero-order valence-electron chi connectivity index (χ0n) is 10.9. The van der Waals surface area contributed by atoms with Crippen LogP contribution < -0.4 is 4.74 Å². The van der Waals surface area contributed by atoms with Crippen LogP contribution >= 0.6 is 15.9 Å².